The summed E-state index contributed by atoms with van der Waals surface area (Å²) in [5.74, 6) is 0.988. The van der Waals surface area contributed by atoms with E-state index in [1.807, 2.05) is 0 Å². The fraction of sp³-hybridized carbons (Fsp3) is 0.625. The number of ether oxygens (including phenoxy) is 1. The fourth-order valence-corrected chi connectivity index (χ4v) is 3.60. The summed E-state index contributed by atoms with van der Waals surface area (Å²) in [6.45, 7) is 8.11. The van der Waals surface area contributed by atoms with Gasteiger partial charge in [0.05, 0.1) is 7.11 Å². The Morgan fingerprint density at radius 1 is 1.35 bits per heavy atom. The maximum atomic E-state index is 5.32. The summed E-state index contributed by atoms with van der Waals surface area (Å²) in [6, 6.07) is 6.55. The molecule has 3 rings (SSSR count). The van der Waals surface area contributed by atoms with E-state index in [0.29, 0.717) is 5.41 Å². The molecule has 2 heterocycles. The molecule has 1 spiro atoms. The molecule has 2 aliphatic heterocycles. The molecule has 112 valence electrons. The third-order valence-electron chi connectivity index (χ3n) is 4.71. The number of aryl methyl sites for hydroxylation is 1. The molecule has 1 aromatic carbocycles. The van der Waals surface area contributed by atoms with Gasteiger partial charge in [-0.2, -0.15) is 0 Å². The third-order valence-corrected chi connectivity index (χ3v) is 4.71. The van der Waals surface area contributed by atoms with Gasteiger partial charge in [-0.05, 0) is 55.5 Å². The van der Waals surface area contributed by atoms with Crippen molar-refractivity contribution in [1.29, 1.82) is 0 Å². The first-order valence-corrected chi connectivity index (χ1v) is 7.27. The van der Waals surface area contributed by atoms with Crippen molar-refractivity contribution in [2.24, 2.45) is 5.41 Å². The quantitative estimate of drug-likeness (QED) is 0.928. The van der Waals surface area contributed by atoms with Crippen LogP contribution in [0.1, 0.15) is 24.0 Å². The molecule has 0 bridgehead atoms. The molecule has 2 aliphatic rings. The Kier molecular flexibility index (Phi) is 4.95. The fourth-order valence-electron chi connectivity index (χ4n) is 3.60. The minimum absolute atomic E-state index is 0. The normalized spacial score (nSPS) is 25.9. The Hall–Kier alpha value is -0.770. The second-order valence-electron chi connectivity index (χ2n) is 6.19. The van der Waals surface area contributed by atoms with E-state index < -0.39 is 0 Å². The number of halogens is 1. The summed E-state index contributed by atoms with van der Waals surface area (Å²) >= 11 is 0. The van der Waals surface area contributed by atoms with Crippen molar-refractivity contribution in [1.82, 2.24) is 10.2 Å². The summed E-state index contributed by atoms with van der Waals surface area (Å²) in [5, 5.41) is 3.52. The van der Waals surface area contributed by atoms with Crippen LogP contribution in [0.4, 0.5) is 0 Å². The average Bonchev–Trinajstić information content (AvgIpc) is 3.01. The van der Waals surface area contributed by atoms with Crippen molar-refractivity contribution in [3.8, 4) is 5.75 Å². The number of hydrogen-bond donors (Lipinski definition) is 1. The lowest BCUT2D eigenvalue weighted by atomic mass is 9.86. The third kappa shape index (κ3) is 3.11. The van der Waals surface area contributed by atoms with E-state index in [1.165, 1.54) is 50.1 Å². The van der Waals surface area contributed by atoms with Crippen LogP contribution in [0, 0.1) is 12.3 Å². The van der Waals surface area contributed by atoms with E-state index in [1.54, 1.807) is 7.11 Å². The largest absolute Gasteiger partial charge is 0.496 e. The molecule has 2 saturated heterocycles. The van der Waals surface area contributed by atoms with E-state index >= 15 is 0 Å². The van der Waals surface area contributed by atoms with E-state index in [9.17, 15) is 0 Å². The lowest BCUT2D eigenvalue weighted by Crippen LogP contribution is -2.28. The number of methoxy groups -OCH3 is 1. The highest BCUT2D eigenvalue weighted by atomic mass is 35.5. The Labute approximate surface area is 128 Å². The Balaban J connectivity index is 0.00000147. The van der Waals surface area contributed by atoms with Crippen LogP contribution in [0.5, 0.6) is 5.75 Å². The molecule has 20 heavy (non-hydrogen) atoms. The molecule has 0 aromatic heterocycles. The highest BCUT2D eigenvalue weighted by molar-refractivity contribution is 5.85. The van der Waals surface area contributed by atoms with E-state index in [2.05, 4.69) is 35.3 Å². The minimum atomic E-state index is 0. The molecule has 3 nitrogen and oxygen atoms in total. The first-order chi connectivity index (χ1) is 9.21. The SMILES string of the molecule is COc1ccc(CN2CCC3(CCNC3)C2)cc1C.Cl. The van der Waals surface area contributed by atoms with E-state index in [-0.39, 0.29) is 12.4 Å². The van der Waals surface area contributed by atoms with Gasteiger partial charge in [0.1, 0.15) is 5.75 Å². The molecule has 1 aromatic rings. The molecular formula is C16H25ClN2O. The number of likely N-dealkylation sites (tertiary alicyclic amines) is 1. The summed E-state index contributed by atoms with van der Waals surface area (Å²) in [5.41, 5.74) is 3.21. The summed E-state index contributed by atoms with van der Waals surface area (Å²) < 4.78 is 5.32. The molecule has 1 atom stereocenters. The van der Waals surface area contributed by atoms with Gasteiger partial charge in [-0.1, -0.05) is 12.1 Å². The van der Waals surface area contributed by atoms with Crippen molar-refractivity contribution in [2.45, 2.75) is 26.3 Å². The lowest BCUT2D eigenvalue weighted by molar-refractivity contribution is 0.268. The highest BCUT2D eigenvalue weighted by Crippen LogP contribution is 2.36. The average molecular weight is 297 g/mol. The molecule has 0 radical (unpaired) electrons. The summed E-state index contributed by atoms with van der Waals surface area (Å²) in [7, 11) is 1.74. The number of rotatable bonds is 3. The van der Waals surface area contributed by atoms with Gasteiger partial charge in [0, 0.05) is 19.6 Å². The number of hydrogen-bond acceptors (Lipinski definition) is 3. The van der Waals surface area contributed by atoms with Gasteiger partial charge >= 0.3 is 0 Å². The Morgan fingerprint density at radius 2 is 2.20 bits per heavy atom. The first-order valence-electron chi connectivity index (χ1n) is 7.27. The van der Waals surface area contributed by atoms with Crippen molar-refractivity contribution in [2.75, 3.05) is 33.3 Å². The molecular weight excluding hydrogens is 272 g/mol. The topological polar surface area (TPSA) is 24.5 Å². The molecule has 0 saturated carbocycles. The predicted molar refractivity (Wildman–Crippen MR) is 84.8 cm³/mol. The van der Waals surface area contributed by atoms with Gasteiger partial charge in [0.25, 0.3) is 0 Å². The van der Waals surface area contributed by atoms with Crippen molar-refractivity contribution >= 4 is 12.4 Å². The van der Waals surface area contributed by atoms with Gasteiger partial charge < -0.3 is 10.1 Å². The second kappa shape index (κ2) is 6.33. The van der Waals surface area contributed by atoms with Crippen LogP contribution >= 0.6 is 12.4 Å². The number of nitrogens with zero attached hydrogens (tertiary/aromatic N) is 1. The molecule has 2 fully saturated rings. The van der Waals surface area contributed by atoms with Crippen LogP contribution in [0.3, 0.4) is 0 Å². The molecule has 0 aliphatic carbocycles. The van der Waals surface area contributed by atoms with Gasteiger partial charge in [-0.15, -0.1) is 12.4 Å². The van der Waals surface area contributed by atoms with Gasteiger partial charge in [0.15, 0.2) is 0 Å². The van der Waals surface area contributed by atoms with Crippen LogP contribution < -0.4 is 10.1 Å². The maximum Gasteiger partial charge on any atom is 0.121 e. The van der Waals surface area contributed by atoms with Gasteiger partial charge in [0.2, 0.25) is 0 Å². The van der Waals surface area contributed by atoms with Gasteiger partial charge in [-0.3, -0.25) is 4.90 Å². The minimum Gasteiger partial charge on any atom is -0.496 e. The van der Waals surface area contributed by atoms with E-state index in [4.69, 9.17) is 4.74 Å². The van der Waals surface area contributed by atoms with Crippen LogP contribution in [-0.4, -0.2) is 38.2 Å². The smallest absolute Gasteiger partial charge is 0.121 e. The summed E-state index contributed by atoms with van der Waals surface area (Å²) in [4.78, 5) is 2.61. The zero-order valence-corrected chi connectivity index (χ0v) is 13.3. The lowest BCUT2D eigenvalue weighted by Gasteiger charge is -2.23. The number of benzene rings is 1. The van der Waals surface area contributed by atoms with Crippen LogP contribution in [0.2, 0.25) is 0 Å². The van der Waals surface area contributed by atoms with Crippen molar-refractivity contribution < 1.29 is 4.74 Å². The zero-order chi connectivity index (χ0) is 13.3. The van der Waals surface area contributed by atoms with Gasteiger partial charge in [-0.25, -0.2) is 0 Å². The van der Waals surface area contributed by atoms with Crippen LogP contribution in [0.15, 0.2) is 18.2 Å². The van der Waals surface area contributed by atoms with Crippen molar-refractivity contribution in [3.63, 3.8) is 0 Å². The molecule has 1 unspecified atom stereocenters. The molecule has 1 N–H and O–H groups in total. The Morgan fingerprint density at radius 3 is 2.85 bits per heavy atom. The Bertz CT molecular complexity index is 458. The first kappa shape index (κ1) is 15.6. The monoisotopic (exact) mass is 296 g/mol. The predicted octanol–water partition coefficient (Wildman–Crippen LogP) is 2.61. The summed E-state index contributed by atoms with van der Waals surface area (Å²) in [6.07, 6.45) is 2.71. The van der Waals surface area contributed by atoms with Crippen molar-refractivity contribution in [3.05, 3.63) is 29.3 Å². The van der Waals surface area contributed by atoms with Crippen LogP contribution in [-0.2, 0) is 6.54 Å². The highest BCUT2D eigenvalue weighted by Gasteiger charge is 2.39. The maximum absolute atomic E-state index is 5.32. The zero-order valence-electron chi connectivity index (χ0n) is 12.4. The second-order valence-corrected chi connectivity index (χ2v) is 6.19. The standard InChI is InChI=1S/C16H24N2O.ClH/c1-13-9-14(3-4-15(13)19-2)10-18-8-6-16(12-18)5-7-17-11-16;/h3-4,9,17H,5-8,10-12H2,1-2H3;1H. The molecule has 0 amide bonds. The number of nitrogens with one attached hydrogen (secondary N) is 1. The molecule has 4 heteroatoms. The van der Waals surface area contributed by atoms with E-state index in [0.717, 1.165) is 12.3 Å². The van der Waals surface area contributed by atoms with Crippen LogP contribution in [0.25, 0.3) is 0 Å².